The number of rotatable bonds is 4. The molecule has 0 unspecified atom stereocenters. The van der Waals surface area contributed by atoms with Gasteiger partial charge in [-0.1, -0.05) is 24.6 Å². The Labute approximate surface area is 130 Å². The summed E-state index contributed by atoms with van der Waals surface area (Å²) in [6, 6.07) is 8.05. The van der Waals surface area contributed by atoms with Gasteiger partial charge in [0.2, 0.25) is 11.8 Å². The Hall–Kier alpha value is -1.88. The summed E-state index contributed by atoms with van der Waals surface area (Å²) >= 11 is 0. The molecule has 3 N–H and O–H groups in total. The van der Waals surface area contributed by atoms with E-state index in [-0.39, 0.29) is 30.3 Å². The largest absolute Gasteiger partial charge is 0.347 e. The van der Waals surface area contributed by atoms with Gasteiger partial charge in [-0.25, -0.2) is 0 Å². The van der Waals surface area contributed by atoms with Crippen molar-refractivity contribution in [2.75, 3.05) is 18.0 Å². The lowest BCUT2D eigenvalue weighted by atomic mass is 10.00. The molecule has 0 spiro atoms. The van der Waals surface area contributed by atoms with Crippen LogP contribution >= 0.6 is 0 Å². The van der Waals surface area contributed by atoms with Gasteiger partial charge in [0.1, 0.15) is 0 Å². The molecule has 1 saturated carbocycles. The minimum absolute atomic E-state index is 0.0472. The maximum Gasteiger partial charge on any atom is 0.246 e. The van der Waals surface area contributed by atoms with Gasteiger partial charge in [0.15, 0.2) is 0 Å². The average molecular weight is 301 g/mol. The molecule has 22 heavy (non-hydrogen) atoms. The molecule has 1 aromatic carbocycles. The molecule has 5 nitrogen and oxygen atoms in total. The number of nitrogens with zero attached hydrogens (tertiary/aromatic N) is 1. The van der Waals surface area contributed by atoms with Gasteiger partial charge in [0.25, 0.3) is 0 Å². The summed E-state index contributed by atoms with van der Waals surface area (Å²) in [4.78, 5) is 26.0. The predicted molar refractivity (Wildman–Crippen MR) is 85.4 cm³/mol. The highest BCUT2D eigenvalue weighted by molar-refractivity contribution is 5.98. The van der Waals surface area contributed by atoms with E-state index >= 15 is 0 Å². The lowest BCUT2D eigenvalue weighted by Gasteiger charge is -2.18. The molecule has 1 fully saturated rings. The second kappa shape index (κ2) is 6.48. The van der Waals surface area contributed by atoms with E-state index < -0.39 is 0 Å². The van der Waals surface area contributed by atoms with Crippen molar-refractivity contribution in [2.45, 2.75) is 38.1 Å². The zero-order chi connectivity index (χ0) is 15.5. The van der Waals surface area contributed by atoms with Crippen LogP contribution in [0, 0.1) is 5.92 Å². The molecule has 1 aliphatic carbocycles. The number of anilines is 1. The Morgan fingerprint density at radius 1 is 1.27 bits per heavy atom. The molecule has 3 rings (SSSR count). The van der Waals surface area contributed by atoms with Gasteiger partial charge in [-0.2, -0.15) is 0 Å². The number of amides is 2. The maximum absolute atomic E-state index is 12.3. The third-order valence-electron chi connectivity index (χ3n) is 4.79. The number of carbonyl (C=O) groups is 2. The van der Waals surface area contributed by atoms with Crippen LogP contribution in [0.3, 0.4) is 0 Å². The van der Waals surface area contributed by atoms with Gasteiger partial charge in [-0.15, -0.1) is 0 Å². The molecule has 1 heterocycles. The zero-order valence-corrected chi connectivity index (χ0v) is 12.8. The minimum atomic E-state index is -0.0665. The SMILES string of the molecule is N[C@@H]1CCC[C@H]1CC(=O)NCC(=O)N1CCc2ccccc21. The van der Waals surface area contributed by atoms with Gasteiger partial charge in [-0.3, -0.25) is 9.59 Å². The number of hydrogen-bond acceptors (Lipinski definition) is 3. The van der Waals surface area contributed by atoms with Crippen LogP contribution in [-0.2, 0) is 16.0 Å². The molecule has 2 atom stereocenters. The summed E-state index contributed by atoms with van der Waals surface area (Å²) in [5.74, 6) is 0.153. The molecule has 0 bridgehead atoms. The van der Waals surface area contributed by atoms with E-state index in [9.17, 15) is 9.59 Å². The van der Waals surface area contributed by atoms with Crippen molar-refractivity contribution in [3.05, 3.63) is 29.8 Å². The number of fused-ring (bicyclic) bond motifs is 1. The van der Waals surface area contributed by atoms with E-state index in [0.717, 1.165) is 31.4 Å². The number of hydrogen-bond donors (Lipinski definition) is 2. The van der Waals surface area contributed by atoms with Crippen molar-refractivity contribution in [3.8, 4) is 0 Å². The fraction of sp³-hybridized carbons (Fsp3) is 0.529. The van der Waals surface area contributed by atoms with E-state index in [1.54, 1.807) is 4.90 Å². The number of nitrogens with one attached hydrogen (secondary N) is 1. The topological polar surface area (TPSA) is 75.4 Å². The van der Waals surface area contributed by atoms with Crippen LogP contribution in [0.15, 0.2) is 24.3 Å². The molecule has 118 valence electrons. The highest BCUT2D eigenvalue weighted by Crippen LogP contribution is 2.28. The molecule has 2 aliphatic rings. The van der Waals surface area contributed by atoms with Crippen LogP contribution in [0.5, 0.6) is 0 Å². The summed E-state index contributed by atoms with van der Waals surface area (Å²) < 4.78 is 0. The Bertz CT molecular complexity index is 573. The maximum atomic E-state index is 12.3. The van der Waals surface area contributed by atoms with Crippen molar-refractivity contribution < 1.29 is 9.59 Å². The molecule has 2 amide bonds. The average Bonchev–Trinajstić information content (AvgIpc) is 3.12. The van der Waals surface area contributed by atoms with Crippen LogP contribution in [-0.4, -0.2) is 30.9 Å². The van der Waals surface area contributed by atoms with Gasteiger partial charge < -0.3 is 16.0 Å². The third-order valence-corrected chi connectivity index (χ3v) is 4.79. The summed E-state index contributed by atoms with van der Waals surface area (Å²) in [7, 11) is 0. The van der Waals surface area contributed by atoms with Crippen LogP contribution in [0.4, 0.5) is 5.69 Å². The van der Waals surface area contributed by atoms with Crippen molar-refractivity contribution in [2.24, 2.45) is 11.7 Å². The lowest BCUT2D eigenvalue weighted by molar-refractivity contribution is -0.125. The number of para-hydroxylation sites is 1. The number of nitrogens with two attached hydrogens (primary N) is 1. The fourth-order valence-electron chi connectivity index (χ4n) is 3.50. The highest BCUT2D eigenvalue weighted by atomic mass is 16.2. The van der Waals surface area contributed by atoms with Gasteiger partial charge in [-0.05, 0) is 36.8 Å². The Balaban J connectivity index is 1.50. The second-order valence-electron chi connectivity index (χ2n) is 6.26. The van der Waals surface area contributed by atoms with E-state index in [0.29, 0.717) is 13.0 Å². The summed E-state index contributed by atoms with van der Waals surface area (Å²) in [6.07, 6.45) is 4.43. The Morgan fingerprint density at radius 2 is 2.09 bits per heavy atom. The molecule has 0 aromatic heterocycles. The molecule has 0 saturated heterocycles. The number of carbonyl (C=O) groups excluding carboxylic acids is 2. The van der Waals surface area contributed by atoms with Crippen molar-refractivity contribution >= 4 is 17.5 Å². The fourth-order valence-corrected chi connectivity index (χ4v) is 3.50. The smallest absolute Gasteiger partial charge is 0.246 e. The van der Waals surface area contributed by atoms with Crippen molar-refractivity contribution in [1.29, 1.82) is 0 Å². The summed E-state index contributed by atoms with van der Waals surface area (Å²) in [5.41, 5.74) is 8.15. The molecular formula is C17H23N3O2. The van der Waals surface area contributed by atoms with Crippen molar-refractivity contribution in [3.63, 3.8) is 0 Å². The highest BCUT2D eigenvalue weighted by Gasteiger charge is 2.27. The van der Waals surface area contributed by atoms with E-state index in [1.165, 1.54) is 5.56 Å². The Morgan fingerprint density at radius 3 is 2.86 bits per heavy atom. The second-order valence-corrected chi connectivity index (χ2v) is 6.26. The quantitative estimate of drug-likeness (QED) is 0.877. The Kier molecular flexibility index (Phi) is 4.43. The van der Waals surface area contributed by atoms with Crippen molar-refractivity contribution in [1.82, 2.24) is 5.32 Å². The molecular weight excluding hydrogens is 278 g/mol. The molecule has 0 radical (unpaired) electrons. The lowest BCUT2D eigenvalue weighted by Crippen LogP contribution is -2.40. The minimum Gasteiger partial charge on any atom is -0.347 e. The van der Waals surface area contributed by atoms with Crippen LogP contribution in [0.2, 0.25) is 0 Å². The van der Waals surface area contributed by atoms with E-state index in [2.05, 4.69) is 5.32 Å². The molecule has 1 aromatic rings. The summed E-state index contributed by atoms with van der Waals surface area (Å²) in [6.45, 7) is 0.761. The first-order valence-electron chi connectivity index (χ1n) is 8.05. The van der Waals surface area contributed by atoms with Gasteiger partial charge >= 0.3 is 0 Å². The predicted octanol–water partition coefficient (Wildman–Crippen LogP) is 1.21. The first-order chi connectivity index (χ1) is 10.6. The van der Waals surface area contributed by atoms with Crippen LogP contribution in [0.25, 0.3) is 0 Å². The van der Waals surface area contributed by atoms with Crippen LogP contribution in [0.1, 0.15) is 31.2 Å². The zero-order valence-electron chi connectivity index (χ0n) is 12.8. The van der Waals surface area contributed by atoms with Gasteiger partial charge in [0.05, 0.1) is 6.54 Å². The standard InChI is InChI=1S/C17H23N3O2/c18-14-6-3-5-13(14)10-16(21)19-11-17(22)20-9-8-12-4-1-2-7-15(12)20/h1-2,4,7,13-14H,3,5-6,8-11,18H2,(H,19,21)/t13-,14+/m0/s1. The van der Waals surface area contributed by atoms with Gasteiger partial charge in [0, 0.05) is 24.7 Å². The first-order valence-corrected chi connectivity index (χ1v) is 8.05. The monoisotopic (exact) mass is 301 g/mol. The first kappa shape index (κ1) is 15.0. The van der Waals surface area contributed by atoms with E-state index in [4.69, 9.17) is 5.73 Å². The number of benzene rings is 1. The third kappa shape index (κ3) is 3.14. The summed E-state index contributed by atoms with van der Waals surface area (Å²) in [5, 5.41) is 2.75. The molecule has 1 aliphatic heterocycles. The molecule has 5 heteroatoms. The normalized spacial score (nSPS) is 23.4. The van der Waals surface area contributed by atoms with Crippen LogP contribution < -0.4 is 16.0 Å². The van der Waals surface area contributed by atoms with E-state index in [1.807, 2.05) is 24.3 Å².